The van der Waals surface area contributed by atoms with Gasteiger partial charge in [0, 0.05) is 18.7 Å². The van der Waals surface area contributed by atoms with Gasteiger partial charge in [-0.2, -0.15) is 0 Å². The first-order valence-electron chi connectivity index (χ1n) is 10.0. The number of carbonyl (C=O) groups excluding carboxylic acids is 2. The van der Waals surface area contributed by atoms with Crippen molar-refractivity contribution >= 4 is 11.8 Å². The Morgan fingerprint density at radius 2 is 1.71 bits per heavy atom. The van der Waals surface area contributed by atoms with Gasteiger partial charge < -0.3 is 23.8 Å². The average Bonchev–Trinajstić information content (AvgIpc) is 2.96. The lowest BCUT2D eigenvalue weighted by Crippen LogP contribution is -2.59. The molecular formula is C21H23F2N3O5. The number of carbonyl (C=O) groups is 2. The fraction of sp³-hybridized carbons (Fsp3) is 0.476. The van der Waals surface area contributed by atoms with Gasteiger partial charge in [-0.05, 0) is 38.5 Å². The van der Waals surface area contributed by atoms with Crippen LogP contribution in [0.5, 0.6) is 0 Å². The molecule has 31 heavy (non-hydrogen) atoms. The molecule has 2 fully saturated rings. The Kier molecular flexibility index (Phi) is 5.76. The first kappa shape index (κ1) is 21.4. The summed E-state index contributed by atoms with van der Waals surface area (Å²) in [5.41, 5.74) is 0.942. The number of benzene rings is 1. The Bertz CT molecular complexity index is 991. The van der Waals surface area contributed by atoms with E-state index < -0.39 is 23.3 Å². The number of amides is 2. The number of halogens is 2. The molecule has 4 rings (SSSR count). The van der Waals surface area contributed by atoms with E-state index in [0.717, 1.165) is 12.1 Å². The number of hydrogen-bond donors (Lipinski definition) is 0. The van der Waals surface area contributed by atoms with E-state index in [2.05, 4.69) is 5.16 Å². The Morgan fingerprint density at radius 1 is 1.00 bits per heavy atom. The molecule has 2 aromatic rings. The summed E-state index contributed by atoms with van der Waals surface area (Å²) < 4.78 is 43.8. The van der Waals surface area contributed by atoms with Crippen LogP contribution in [0.2, 0.25) is 0 Å². The van der Waals surface area contributed by atoms with Crippen LogP contribution in [0.15, 0.2) is 22.7 Å². The van der Waals surface area contributed by atoms with Crippen LogP contribution in [0.4, 0.5) is 8.78 Å². The number of hydrogen-bond acceptors (Lipinski definition) is 6. The third-order valence-corrected chi connectivity index (χ3v) is 5.52. The van der Waals surface area contributed by atoms with Gasteiger partial charge in [-0.3, -0.25) is 9.59 Å². The maximum atomic E-state index is 13.6. The molecule has 1 unspecified atom stereocenters. The fourth-order valence-corrected chi connectivity index (χ4v) is 3.97. The van der Waals surface area contributed by atoms with Crippen molar-refractivity contribution in [1.29, 1.82) is 0 Å². The number of morpholine rings is 1. The second-order valence-corrected chi connectivity index (χ2v) is 7.74. The molecule has 0 saturated carbocycles. The van der Waals surface area contributed by atoms with Gasteiger partial charge in [-0.1, -0.05) is 5.16 Å². The molecule has 10 heteroatoms. The summed E-state index contributed by atoms with van der Waals surface area (Å²) >= 11 is 0. The summed E-state index contributed by atoms with van der Waals surface area (Å²) in [6.07, 6.45) is 0.595. The van der Waals surface area contributed by atoms with E-state index in [0.29, 0.717) is 36.6 Å². The van der Waals surface area contributed by atoms with Crippen molar-refractivity contribution < 1.29 is 32.4 Å². The first-order chi connectivity index (χ1) is 14.8. The summed E-state index contributed by atoms with van der Waals surface area (Å²) in [7, 11) is 0. The van der Waals surface area contributed by atoms with E-state index in [4.69, 9.17) is 14.0 Å². The smallest absolute Gasteiger partial charge is 0.259 e. The van der Waals surface area contributed by atoms with Gasteiger partial charge in [0.25, 0.3) is 11.8 Å². The van der Waals surface area contributed by atoms with Crippen molar-refractivity contribution in [2.24, 2.45) is 0 Å². The molecule has 2 aliphatic rings. The molecule has 2 aliphatic heterocycles. The second-order valence-electron chi connectivity index (χ2n) is 7.74. The zero-order valence-electron chi connectivity index (χ0n) is 17.3. The molecule has 0 N–H and O–H groups in total. The molecule has 1 atom stereocenters. The number of ether oxygens (including phenoxy) is 2. The predicted octanol–water partition coefficient (Wildman–Crippen LogP) is 2.30. The van der Waals surface area contributed by atoms with E-state index in [-0.39, 0.29) is 37.7 Å². The highest BCUT2D eigenvalue weighted by molar-refractivity contribution is 5.96. The Labute approximate surface area is 177 Å². The van der Waals surface area contributed by atoms with Crippen molar-refractivity contribution in [3.8, 4) is 0 Å². The molecule has 166 valence electrons. The molecule has 0 radical (unpaired) electrons. The minimum atomic E-state index is -1.21. The highest BCUT2D eigenvalue weighted by Crippen LogP contribution is 2.27. The first-order valence-corrected chi connectivity index (χ1v) is 10.0. The maximum absolute atomic E-state index is 13.6. The summed E-state index contributed by atoms with van der Waals surface area (Å²) in [5.74, 6) is -3.59. The Balaban J connectivity index is 1.55. The molecule has 1 spiro atoms. The van der Waals surface area contributed by atoms with Crippen molar-refractivity contribution in [2.45, 2.75) is 26.1 Å². The minimum Gasteiger partial charge on any atom is -0.361 e. The zero-order valence-corrected chi connectivity index (χ0v) is 17.3. The van der Waals surface area contributed by atoms with E-state index in [1.54, 1.807) is 18.7 Å². The molecule has 8 nitrogen and oxygen atoms in total. The van der Waals surface area contributed by atoms with Crippen molar-refractivity contribution in [3.05, 3.63) is 52.4 Å². The molecule has 0 bridgehead atoms. The summed E-state index contributed by atoms with van der Waals surface area (Å²) in [6, 6.07) is 3.04. The Morgan fingerprint density at radius 3 is 2.39 bits per heavy atom. The normalized spacial score (nSPS) is 21.9. The van der Waals surface area contributed by atoms with Gasteiger partial charge in [0.1, 0.15) is 11.3 Å². The standard InChI is InChI=1S/C21H23F2N3O5/c1-13-18(14(2)31-24-13)20(28)25-6-3-8-29-21(11-25)12-26(7-9-30-21)19(27)15-4-5-16(22)17(23)10-15/h4-5,10H,3,6-9,11-12H2,1-2H3. The second kappa shape index (κ2) is 8.35. The molecule has 2 amide bonds. The summed E-state index contributed by atoms with van der Waals surface area (Å²) in [5, 5.41) is 3.85. The molecule has 3 heterocycles. The van der Waals surface area contributed by atoms with Crippen LogP contribution in [0.25, 0.3) is 0 Å². The minimum absolute atomic E-state index is 0.0354. The van der Waals surface area contributed by atoms with Crippen molar-refractivity contribution in [3.63, 3.8) is 0 Å². The number of aryl methyl sites for hydroxylation is 2. The lowest BCUT2D eigenvalue weighted by Gasteiger charge is -2.43. The van der Waals surface area contributed by atoms with E-state index in [1.165, 1.54) is 11.0 Å². The Hall–Kier alpha value is -2.85. The van der Waals surface area contributed by atoms with E-state index >= 15 is 0 Å². The summed E-state index contributed by atoms with van der Waals surface area (Å²) in [6.45, 7) is 4.78. The average molecular weight is 435 g/mol. The van der Waals surface area contributed by atoms with Crippen LogP contribution >= 0.6 is 0 Å². The number of nitrogens with zero attached hydrogens (tertiary/aromatic N) is 3. The lowest BCUT2D eigenvalue weighted by atomic mass is 10.1. The van der Waals surface area contributed by atoms with Crippen LogP contribution in [-0.2, 0) is 9.47 Å². The van der Waals surface area contributed by atoms with Crippen LogP contribution in [0, 0.1) is 25.5 Å². The highest BCUT2D eigenvalue weighted by Gasteiger charge is 2.44. The van der Waals surface area contributed by atoms with Crippen LogP contribution in [-0.4, -0.2) is 72.0 Å². The monoisotopic (exact) mass is 435 g/mol. The van der Waals surface area contributed by atoms with Crippen LogP contribution in [0.3, 0.4) is 0 Å². The highest BCUT2D eigenvalue weighted by atomic mass is 19.2. The van der Waals surface area contributed by atoms with Crippen molar-refractivity contribution in [1.82, 2.24) is 15.0 Å². The molecule has 1 aromatic heterocycles. The molecule has 2 saturated heterocycles. The van der Waals surface area contributed by atoms with Gasteiger partial charge >= 0.3 is 0 Å². The summed E-state index contributed by atoms with van der Waals surface area (Å²) in [4.78, 5) is 29.1. The largest absolute Gasteiger partial charge is 0.361 e. The third-order valence-electron chi connectivity index (χ3n) is 5.52. The topological polar surface area (TPSA) is 85.1 Å². The number of aromatic nitrogens is 1. The van der Waals surface area contributed by atoms with E-state index in [9.17, 15) is 18.4 Å². The maximum Gasteiger partial charge on any atom is 0.259 e. The SMILES string of the molecule is Cc1noc(C)c1C(=O)N1CCCOC2(CN(C(=O)c3ccc(F)c(F)c3)CCO2)C1. The van der Waals surface area contributed by atoms with Gasteiger partial charge in [0.2, 0.25) is 5.79 Å². The van der Waals surface area contributed by atoms with Crippen LogP contribution < -0.4 is 0 Å². The zero-order chi connectivity index (χ0) is 22.2. The quantitative estimate of drug-likeness (QED) is 0.720. The molecule has 0 aliphatic carbocycles. The van der Waals surface area contributed by atoms with Crippen molar-refractivity contribution in [2.75, 3.05) is 39.4 Å². The molecular weight excluding hydrogens is 412 g/mol. The van der Waals surface area contributed by atoms with Gasteiger partial charge in [-0.25, -0.2) is 8.78 Å². The lowest BCUT2D eigenvalue weighted by molar-refractivity contribution is -0.258. The van der Waals surface area contributed by atoms with Gasteiger partial charge in [0.15, 0.2) is 11.6 Å². The predicted molar refractivity (Wildman–Crippen MR) is 103 cm³/mol. The third kappa shape index (κ3) is 4.17. The number of rotatable bonds is 2. The van der Waals surface area contributed by atoms with Gasteiger partial charge in [-0.15, -0.1) is 0 Å². The van der Waals surface area contributed by atoms with Crippen LogP contribution in [0.1, 0.15) is 38.6 Å². The van der Waals surface area contributed by atoms with E-state index in [1.807, 2.05) is 0 Å². The fourth-order valence-electron chi connectivity index (χ4n) is 3.97. The molecule has 1 aromatic carbocycles. The van der Waals surface area contributed by atoms with Gasteiger partial charge in [0.05, 0.1) is 32.0 Å².